The van der Waals surface area contributed by atoms with Crippen LogP contribution in [0.5, 0.6) is 5.75 Å². The molecular weight excluding hydrogens is 433 g/mol. The quantitative estimate of drug-likeness (QED) is 0.569. The molecule has 1 aromatic carbocycles. The predicted octanol–water partition coefficient (Wildman–Crippen LogP) is 4.82. The van der Waals surface area contributed by atoms with Gasteiger partial charge in [0.2, 0.25) is 5.78 Å². The minimum atomic E-state index is -4.86. The second kappa shape index (κ2) is 7.88. The number of rotatable bonds is 5. The molecule has 1 unspecified atom stereocenters. The molecule has 2 aromatic heterocycles. The number of hydrogen-bond donors (Lipinski definition) is 1. The number of carbonyl (C=O) groups is 2. The van der Waals surface area contributed by atoms with Crippen LogP contribution in [0.25, 0.3) is 0 Å². The Morgan fingerprint density at radius 3 is 2.45 bits per heavy atom. The summed E-state index contributed by atoms with van der Waals surface area (Å²) in [7, 11) is 0. The highest BCUT2D eigenvalue weighted by molar-refractivity contribution is 7.12. The molecule has 1 atom stereocenters. The monoisotopic (exact) mass is 446 g/mol. The van der Waals surface area contributed by atoms with Crippen molar-refractivity contribution in [2.24, 2.45) is 0 Å². The number of carbonyl (C=O) groups excluding carboxylic acids is 2. The molecule has 3 aromatic rings. The van der Waals surface area contributed by atoms with Crippen molar-refractivity contribution in [1.29, 1.82) is 0 Å². The first kappa shape index (κ1) is 20.6. The summed E-state index contributed by atoms with van der Waals surface area (Å²) in [6.45, 7) is 0. The van der Waals surface area contributed by atoms with Crippen LogP contribution < -0.4 is 9.64 Å². The van der Waals surface area contributed by atoms with Crippen LogP contribution in [0, 0.1) is 0 Å². The first-order valence-corrected chi connectivity index (χ1v) is 9.75. The Kier molecular flexibility index (Phi) is 5.24. The fraction of sp³-hybridized carbons (Fsp3) is 0.0952. The third kappa shape index (κ3) is 4.02. The fourth-order valence-corrected chi connectivity index (χ4v) is 3.98. The van der Waals surface area contributed by atoms with Crippen LogP contribution in [-0.4, -0.2) is 28.1 Å². The SMILES string of the molecule is O=C(C1=C(O)C(=O)N(c2ccc(OC(F)(F)F)cc2)C1c1cccnc1)c1cccs1. The topological polar surface area (TPSA) is 79.7 Å². The van der Waals surface area contributed by atoms with E-state index >= 15 is 0 Å². The number of benzene rings is 1. The highest BCUT2D eigenvalue weighted by atomic mass is 32.1. The number of thiophene rings is 1. The summed E-state index contributed by atoms with van der Waals surface area (Å²) in [6.07, 6.45) is -1.89. The van der Waals surface area contributed by atoms with E-state index in [1.54, 1.807) is 29.6 Å². The number of alkyl halides is 3. The molecule has 6 nitrogen and oxygen atoms in total. The lowest BCUT2D eigenvalue weighted by Crippen LogP contribution is -2.31. The van der Waals surface area contributed by atoms with E-state index < -0.39 is 35.6 Å². The molecular formula is C21H13F3N2O4S. The Bertz CT molecular complexity index is 1140. The molecule has 1 aliphatic rings. The number of amides is 1. The summed E-state index contributed by atoms with van der Waals surface area (Å²) < 4.78 is 41.2. The van der Waals surface area contributed by atoms with Gasteiger partial charge in [0.25, 0.3) is 5.91 Å². The number of anilines is 1. The molecule has 10 heteroatoms. The molecule has 1 aliphatic heterocycles. The number of hydrogen-bond acceptors (Lipinski definition) is 6. The second-order valence-corrected chi connectivity index (χ2v) is 7.42. The van der Waals surface area contributed by atoms with Gasteiger partial charge in [-0.05, 0) is 47.3 Å². The van der Waals surface area contributed by atoms with Crippen LogP contribution in [0.1, 0.15) is 21.3 Å². The van der Waals surface area contributed by atoms with Crippen LogP contribution in [-0.2, 0) is 4.79 Å². The molecule has 0 aliphatic carbocycles. The zero-order valence-corrected chi connectivity index (χ0v) is 16.4. The van der Waals surface area contributed by atoms with Crippen molar-refractivity contribution in [2.45, 2.75) is 12.4 Å². The van der Waals surface area contributed by atoms with Crippen LogP contribution in [0.4, 0.5) is 18.9 Å². The van der Waals surface area contributed by atoms with E-state index in [4.69, 9.17) is 0 Å². The summed E-state index contributed by atoms with van der Waals surface area (Å²) in [5, 5.41) is 12.3. The Hall–Kier alpha value is -3.66. The molecule has 4 rings (SSSR count). The highest BCUT2D eigenvalue weighted by Crippen LogP contribution is 2.42. The van der Waals surface area contributed by atoms with Crippen molar-refractivity contribution in [1.82, 2.24) is 4.98 Å². The number of aliphatic hydroxyl groups excluding tert-OH is 1. The summed E-state index contributed by atoms with van der Waals surface area (Å²) in [5.74, 6) is -2.55. The van der Waals surface area contributed by atoms with Crippen molar-refractivity contribution in [3.05, 3.63) is 88.1 Å². The average molecular weight is 446 g/mol. The Balaban J connectivity index is 1.77. The van der Waals surface area contributed by atoms with Crippen molar-refractivity contribution in [3.8, 4) is 5.75 Å². The van der Waals surface area contributed by atoms with E-state index in [1.165, 1.54) is 24.5 Å². The average Bonchev–Trinajstić information content (AvgIpc) is 3.36. The number of aliphatic hydroxyl groups is 1. The predicted molar refractivity (Wildman–Crippen MR) is 106 cm³/mol. The maximum atomic E-state index is 13.1. The number of Topliss-reactive ketones (excluding diaryl/α,β-unsaturated/α-hetero) is 1. The largest absolute Gasteiger partial charge is 0.573 e. The minimum Gasteiger partial charge on any atom is -0.503 e. The summed E-state index contributed by atoms with van der Waals surface area (Å²) in [5.41, 5.74) is 0.500. The normalized spacial score (nSPS) is 16.7. The molecule has 3 heterocycles. The van der Waals surface area contributed by atoms with Gasteiger partial charge in [-0.3, -0.25) is 19.5 Å². The molecule has 0 spiro atoms. The number of halogens is 3. The molecule has 1 amide bonds. The van der Waals surface area contributed by atoms with E-state index in [0.29, 0.717) is 10.4 Å². The van der Waals surface area contributed by atoms with E-state index in [0.717, 1.165) is 28.4 Å². The van der Waals surface area contributed by atoms with Gasteiger partial charge in [-0.15, -0.1) is 24.5 Å². The van der Waals surface area contributed by atoms with E-state index in [9.17, 15) is 27.9 Å². The van der Waals surface area contributed by atoms with Crippen molar-refractivity contribution in [2.75, 3.05) is 4.90 Å². The molecule has 0 fully saturated rings. The van der Waals surface area contributed by atoms with Gasteiger partial charge in [0.05, 0.1) is 16.5 Å². The van der Waals surface area contributed by atoms with E-state index in [-0.39, 0.29) is 11.3 Å². The summed E-state index contributed by atoms with van der Waals surface area (Å²) >= 11 is 1.16. The number of pyridine rings is 1. The zero-order valence-electron chi connectivity index (χ0n) is 15.5. The van der Waals surface area contributed by atoms with Crippen molar-refractivity contribution < 1.29 is 32.6 Å². The Morgan fingerprint density at radius 1 is 1.13 bits per heavy atom. The lowest BCUT2D eigenvalue weighted by molar-refractivity contribution is -0.274. The number of ketones is 1. The van der Waals surface area contributed by atoms with Crippen LogP contribution in [0.15, 0.2) is 77.6 Å². The van der Waals surface area contributed by atoms with Gasteiger partial charge < -0.3 is 9.84 Å². The Labute approximate surface area is 177 Å². The van der Waals surface area contributed by atoms with Gasteiger partial charge in [-0.2, -0.15) is 0 Å². The maximum absolute atomic E-state index is 13.1. The molecule has 158 valence electrons. The van der Waals surface area contributed by atoms with Crippen LogP contribution in [0.2, 0.25) is 0 Å². The first-order chi connectivity index (χ1) is 14.8. The third-order valence-electron chi connectivity index (χ3n) is 4.55. The number of ether oxygens (including phenoxy) is 1. The number of aromatic nitrogens is 1. The van der Waals surface area contributed by atoms with Crippen molar-refractivity contribution in [3.63, 3.8) is 0 Å². The standard InChI is InChI=1S/C21H13F3N2O4S/c22-21(23,24)30-14-7-5-13(6-8-14)26-17(12-3-1-9-25-11-12)16(19(28)20(26)29)18(27)15-4-2-10-31-15/h1-11,17,28H. The Morgan fingerprint density at radius 2 is 1.87 bits per heavy atom. The van der Waals surface area contributed by atoms with Crippen molar-refractivity contribution >= 4 is 28.7 Å². The lowest BCUT2D eigenvalue weighted by atomic mass is 9.96. The molecule has 0 radical (unpaired) electrons. The van der Waals surface area contributed by atoms with Gasteiger partial charge in [-0.25, -0.2) is 0 Å². The van der Waals surface area contributed by atoms with Crippen LogP contribution >= 0.6 is 11.3 Å². The van der Waals surface area contributed by atoms with Gasteiger partial charge in [0, 0.05) is 18.1 Å². The van der Waals surface area contributed by atoms with Gasteiger partial charge in [0.1, 0.15) is 5.75 Å². The minimum absolute atomic E-state index is 0.129. The van der Waals surface area contributed by atoms with E-state index in [1.807, 2.05) is 0 Å². The first-order valence-electron chi connectivity index (χ1n) is 8.87. The third-order valence-corrected chi connectivity index (χ3v) is 5.41. The van der Waals surface area contributed by atoms with Crippen LogP contribution in [0.3, 0.4) is 0 Å². The van der Waals surface area contributed by atoms with Gasteiger partial charge in [0.15, 0.2) is 5.76 Å². The van der Waals surface area contributed by atoms with Gasteiger partial charge >= 0.3 is 6.36 Å². The molecule has 0 saturated carbocycles. The summed E-state index contributed by atoms with van der Waals surface area (Å²) in [6, 6.07) is 10.1. The summed E-state index contributed by atoms with van der Waals surface area (Å²) in [4.78, 5) is 31.5. The molecule has 0 saturated heterocycles. The maximum Gasteiger partial charge on any atom is 0.573 e. The number of nitrogens with zero attached hydrogens (tertiary/aromatic N) is 2. The van der Waals surface area contributed by atoms with E-state index in [2.05, 4.69) is 9.72 Å². The second-order valence-electron chi connectivity index (χ2n) is 6.47. The molecule has 0 bridgehead atoms. The molecule has 31 heavy (non-hydrogen) atoms. The highest BCUT2D eigenvalue weighted by Gasteiger charge is 2.45. The molecule has 1 N–H and O–H groups in total. The fourth-order valence-electron chi connectivity index (χ4n) is 3.31. The zero-order chi connectivity index (χ0) is 22.2. The van der Waals surface area contributed by atoms with Gasteiger partial charge in [-0.1, -0.05) is 12.1 Å². The lowest BCUT2D eigenvalue weighted by Gasteiger charge is -2.26. The smallest absolute Gasteiger partial charge is 0.503 e.